The Balaban J connectivity index is 1.47. The van der Waals surface area contributed by atoms with Gasteiger partial charge in [0.2, 0.25) is 0 Å². The van der Waals surface area contributed by atoms with Gasteiger partial charge < -0.3 is 4.84 Å². The highest BCUT2D eigenvalue weighted by atomic mass is 32.2. The number of benzene rings is 1. The second-order valence-electron chi connectivity index (χ2n) is 8.43. The van der Waals surface area contributed by atoms with Crippen molar-refractivity contribution >= 4 is 39.8 Å². The summed E-state index contributed by atoms with van der Waals surface area (Å²) in [6.45, 7) is 7.05. The van der Waals surface area contributed by atoms with Crippen LogP contribution in [0.25, 0.3) is 0 Å². The molecule has 0 radical (unpaired) electrons. The third-order valence-corrected chi connectivity index (χ3v) is 7.54. The number of thioether (sulfide) groups is 1. The molecule has 0 atom stereocenters. The minimum Gasteiger partial charge on any atom is -0.367 e. The minimum absolute atomic E-state index is 0.0873. The smallest absolute Gasteiger partial charge is 0.330 e. The van der Waals surface area contributed by atoms with Crippen molar-refractivity contribution in [3.05, 3.63) is 45.9 Å². The van der Waals surface area contributed by atoms with Gasteiger partial charge in [-0.3, -0.25) is 0 Å². The molecule has 0 bridgehead atoms. The lowest BCUT2D eigenvalue weighted by Gasteiger charge is -2.31. The first-order valence-electron chi connectivity index (χ1n) is 9.96. The highest BCUT2D eigenvalue weighted by Crippen LogP contribution is 2.32. The summed E-state index contributed by atoms with van der Waals surface area (Å²) in [5.74, 6) is 1.09. The number of hydrogen-bond acceptors (Lipinski definition) is 8. The Bertz CT molecular complexity index is 916. The number of piperidine rings is 1. The Morgan fingerprint density at radius 1 is 1.23 bits per heavy atom. The van der Waals surface area contributed by atoms with Gasteiger partial charge in [0.15, 0.2) is 0 Å². The van der Waals surface area contributed by atoms with E-state index in [1.54, 1.807) is 28.2 Å². The molecule has 2 heterocycles. The van der Waals surface area contributed by atoms with E-state index in [4.69, 9.17) is 9.82 Å². The molecule has 0 amide bonds. The molecule has 3 rings (SSSR count). The molecule has 1 saturated heterocycles. The molecule has 1 aliphatic rings. The van der Waals surface area contributed by atoms with Gasteiger partial charge in [-0.2, -0.15) is 0 Å². The van der Waals surface area contributed by atoms with Gasteiger partial charge in [0, 0.05) is 35.0 Å². The van der Waals surface area contributed by atoms with Gasteiger partial charge >= 0.3 is 5.97 Å². The fourth-order valence-corrected chi connectivity index (χ4v) is 5.42. The first-order valence-corrected chi connectivity index (χ1v) is 13.2. The van der Waals surface area contributed by atoms with Crippen molar-refractivity contribution in [1.82, 2.24) is 10.0 Å². The van der Waals surface area contributed by atoms with Crippen molar-refractivity contribution in [3.63, 3.8) is 0 Å². The highest BCUT2D eigenvalue weighted by Gasteiger charge is 2.29. The van der Waals surface area contributed by atoms with Crippen molar-refractivity contribution in [2.75, 3.05) is 13.1 Å². The summed E-state index contributed by atoms with van der Waals surface area (Å²) < 4.78 is 21.6. The van der Waals surface area contributed by atoms with Gasteiger partial charge in [-0.1, -0.05) is 12.1 Å². The first-order chi connectivity index (χ1) is 14.2. The number of carbonyl (C=O) groups excluding carboxylic acids is 1. The molecule has 164 valence electrons. The molecule has 0 spiro atoms. The van der Waals surface area contributed by atoms with E-state index in [2.05, 4.69) is 5.38 Å². The number of carbonyl (C=O) groups is 1. The van der Waals surface area contributed by atoms with Crippen LogP contribution < -0.4 is 0 Å². The third-order valence-electron chi connectivity index (χ3n) is 4.82. The van der Waals surface area contributed by atoms with Crippen LogP contribution in [-0.2, 0) is 31.8 Å². The van der Waals surface area contributed by atoms with Crippen LogP contribution in [0.5, 0.6) is 0 Å². The summed E-state index contributed by atoms with van der Waals surface area (Å²) in [4.78, 5) is 23.5. The Kier molecular flexibility index (Phi) is 7.95. The standard InChI is InChI=1S/C21H28N2O4S3/c1-21(2,3)20(24)27-23-10-8-16(9-11-23)19-22-17(13-29-19)12-28-18-6-4-15(5-7-18)14-30(25)26/h4-7,13,16,30H,8-12,14H2,1-3H3. The lowest BCUT2D eigenvalue weighted by molar-refractivity contribution is -0.204. The number of hydroxylamine groups is 2. The predicted molar refractivity (Wildman–Crippen MR) is 121 cm³/mol. The molecule has 1 aromatic carbocycles. The van der Waals surface area contributed by atoms with Crippen molar-refractivity contribution in [1.29, 1.82) is 0 Å². The summed E-state index contributed by atoms with van der Waals surface area (Å²) in [6.07, 6.45) is 1.86. The SMILES string of the molecule is CC(C)(C)C(=O)ON1CCC(c2nc(CSc3ccc(C[SH](=O)=O)cc3)cs2)CC1. The van der Waals surface area contributed by atoms with E-state index in [0.29, 0.717) is 5.92 Å². The molecule has 9 heteroatoms. The largest absolute Gasteiger partial charge is 0.367 e. The highest BCUT2D eigenvalue weighted by molar-refractivity contribution is 7.98. The summed E-state index contributed by atoms with van der Waals surface area (Å²) >= 11 is 3.40. The fraction of sp³-hybridized carbons (Fsp3) is 0.524. The maximum Gasteiger partial charge on any atom is 0.330 e. The second kappa shape index (κ2) is 10.3. The summed E-state index contributed by atoms with van der Waals surface area (Å²) in [6, 6.07) is 7.64. The lowest BCUT2D eigenvalue weighted by atomic mass is 9.97. The van der Waals surface area contributed by atoms with Crippen molar-refractivity contribution < 1.29 is 18.0 Å². The van der Waals surface area contributed by atoms with Crippen LogP contribution in [0.1, 0.15) is 55.8 Å². The molecule has 1 aromatic heterocycles. The van der Waals surface area contributed by atoms with E-state index in [1.807, 2.05) is 45.0 Å². The van der Waals surface area contributed by atoms with Crippen LogP contribution in [-0.4, -0.2) is 37.5 Å². The molecule has 0 N–H and O–H groups in total. The van der Waals surface area contributed by atoms with Crippen molar-refractivity contribution in [2.45, 2.75) is 55.9 Å². The Morgan fingerprint density at radius 2 is 1.90 bits per heavy atom. The van der Waals surface area contributed by atoms with E-state index in [-0.39, 0.29) is 11.7 Å². The second-order valence-corrected chi connectivity index (χ2v) is 11.4. The van der Waals surface area contributed by atoms with Crippen molar-refractivity contribution in [2.24, 2.45) is 5.41 Å². The van der Waals surface area contributed by atoms with Crippen molar-refractivity contribution in [3.8, 4) is 0 Å². The number of hydrogen-bond donors (Lipinski definition) is 1. The van der Waals surface area contributed by atoms with Crippen LogP contribution in [0.2, 0.25) is 0 Å². The average molecular weight is 469 g/mol. The molecule has 0 aliphatic carbocycles. The molecular formula is C21H28N2O4S3. The van der Waals surface area contributed by atoms with E-state index < -0.39 is 16.1 Å². The quantitative estimate of drug-likeness (QED) is 0.481. The summed E-state index contributed by atoms with van der Waals surface area (Å²) in [5, 5.41) is 5.05. The molecule has 30 heavy (non-hydrogen) atoms. The molecular weight excluding hydrogens is 440 g/mol. The molecule has 6 nitrogen and oxygen atoms in total. The Labute approximate surface area is 187 Å². The maximum atomic E-state index is 12.0. The topological polar surface area (TPSA) is 76.6 Å². The molecule has 1 fully saturated rings. The van der Waals surface area contributed by atoms with Crippen LogP contribution in [0, 0.1) is 5.41 Å². The van der Waals surface area contributed by atoms with Gasteiger partial charge in [0.25, 0.3) is 0 Å². The Morgan fingerprint density at radius 3 is 2.50 bits per heavy atom. The summed E-state index contributed by atoms with van der Waals surface area (Å²) in [5.41, 5.74) is 1.38. The molecule has 2 aromatic rings. The van der Waals surface area contributed by atoms with Gasteiger partial charge in [-0.15, -0.1) is 28.2 Å². The number of rotatable bonds is 7. The number of nitrogens with zero attached hydrogens (tertiary/aromatic N) is 2. The fourth-order valence-electron chi connectivity index (χ4n) is 3.02. The van der Waals surface area contributed by atoms with Crippen LogP contribution in [0.15, 0.2) is 34.5 Å². The van der Waals surface area contributed by atoms with Gasteiger partial charge in [0.1, 0.15) is 10.7 Å². The number of aromatic nitrogens is 1. The van der Waals surface area contributed by atoms with Crippen LogP contribution in [0.4, 0.5) is 0 Å². The minimum atomic E-state index is -2.39. The average Bonchev–Trinajstić information content (AvgIpc) is 3.16. The van der Waals surface area contributed by atoms with Crippen LogP contribution in [0.3, 0.4) is 0 Å². The summed E-state index contributed by atoms with van der Waals surface area (Å²) in [7, 11) is -2.39. The van der Waals surface area contributed by atoms with Gasteiger partial charge in [-0.05, 0) is 51.3 Å². The van der Waals surface area contributed by atoms with Gasteiger partial charge in [-0.25, -0.2) is 18.2 Å². The zero-order valence-electron chi connectivity index (χ0n) is 17.5. The Hall–Kier alpha value is -1.42. The van der Waals surface area contributed by atoms with Gasteiger partial charge in [0.05, 0.1) is 21.9 Å². The normalized spacial score (nSPS) is 16.1. The maximum absolute atomic E-state index is 12.0. The number of thiol groups is 1. The van der Waals surface area contributed by atoms with Crippen LogP contribution >= 0.6 is 23.1 Å². The zero-order valence-corrected chi connectivity index (χ0v) is 20.0. The van der Waals surface area contributed by atoms with E-state index in [9.17, 15) is 13.2 Å². The van der Waals surface area contributed by atoms with E-state index in [1.165, 1.54) is 0 Å². The molecule has 0 saturated carbocycles. The molecule has 0 unspecified atom stereocenters. The number of thiazole rings is 1. The zero-order chi connectivity index (χ0) is 21.7. The predicted octanol–water partition coefficient (Wildman–Crippen LogP) is 4.23. The van der Waals surface area contributed by atoms with E-state index >= 15 is 0 Å². The van der Waals surface area contributed by atoms with E-state index in [0.717, 1.165) is 52.8 Å². The first kappa shape index (κ1) is 23.2. The lowest BCUT2D eigenvalue weighted by Crippen LogP contribution is -2.38. The molecule has 1 aliphatic heterocycles. The monoisotopic (exact) mass is 468 g/mol. The third kappa shape index (κ3) is 6.80.